The highest BCUT2D eigenvalue weighted by Gasteiger charge is 2.86. The molecule has 7 nitrogen and oxygen atoms in total. The molecule has 1 aromatic heterocycles. The van der Waals surface area contributed by atoms with Gasteiger partial charge in [-0.15, -0.1) is 10.2 Å². The molecule has 7 heteroatoms. The van der Waals surface area contributed by atoms with Crippen molar-refractivity contribution in [2.75, 3.05) is 0 Å². The Labute approximate surface area is 294 Å². The average molecular weight is 674 g/mol. The molecule has 1 N–H and O–H groups in total. The summed E-state index contributed by atoms with van der Waals surface area (Å²) in [7, 11) is 0. The van der Waals surface area contributed by atoms with Gasteiger partial charge < -0.3 is 14.5 Å². The number of ether oxygens (including phenoxy) is 1. The molecular formula is C42H63N3O4. The Bertz CT molecular complexity index is 1600. The third-order valence-electron chi connectivity index (χ3n) is 18.9. The summed E-state index contributed by atoms with van der Waals surface area (Å²) in [6, 6.07) is 0.101. The summed E-state index contributed by atoms with van der Waals surface area (Å²) in [4.78, 5) is 27.1. The second-order valence-corrected chi connectivity index (χ2v) is 20.1. The van der Waals surface area contributed by atoms with Gasteiger partial charge in [0.15, 0.2) is 0 Å². The Balaban J connectivity index is 1.09. The third-order valence-corrected chi connectivity index (χ3v) is 18.9. The number of nitrogens with zero attached hydrogens (tertiary/aromatic N) is 2. The highest BCUT2D eigenvalue weighted by molar-refractivity contribution is 5.84. The molecule has 7 aliphatic carbocycles. The number of allylic oxidation sites excluding steroid dienone is 1. The van der Waals surface area contributed by atoms with Crippen molar-refractivity contribution >= 4 is 11.9 Å². The van der Waals surface area contributed by atoms with E-state index < -0.39 is 0 Å². The summed E-state index contributed by atoms with van der Waals surface area (Å²) in [5.74, 6) is 4.11. The van der Waals surface area contributed by atoms with Gasteiger partial charge in [-0.1, -0.05) is 60.6 Å². The molecule has 1 aromatic rings. The van der Waals surface area contributed by atoms with Crippen LogP contribution in [0.25, 0.3) is 0 Å². The summed E-state index contributed by atoms with van der Waals surface area (Å²) < 4.78 is 11.9. The Kier molecular flexibility index (Phi) is 7.09. The van der Waals surface area contributed by atoms with Crippen molar-refractivity contribution in [3.63, 3.8) is 0 Å². The number of hydrogen-bond acceptors (Lipinski definition) is 6. The quantitative estimate of drug-likeness (QED) is 0.248. The van der Waals surface area contributed by atoms with Crippen molar-refractivity contribution in [1.82, 2.24) is 15.5 Å². The van der Waals surface area contributed by atoms with Crippen LogP contribution < -0.4 is 5.32 Å². The second-order valence-electron chi connectivity index (χ2n) is 20.1. The third kappa shape index (κ3) is 3.87. The first kappa shape index (κ1) is 33.9. The zero-order valence-electron chi connectivity index (χ0n) is 32.1. The topological polar surface area (TPSA) is 94.3 Å². The van der Waals surface area contributed by atoms with E-state index in [1.807, 2.05) is 6.92 Å². The summed E-state index contributed by atoms with van der Waals surface area (Å²) in [6.45, 7) is 27.6. The smallest absolute Gasteiger partial charge is 0.302 e. The molecule has 1 heterocycles. The molecule has 0 aromatic carbocycles. The number of esters is 1. The second kappa shape index (κ2) is 10.2. The van der Waals surface area contributed by atoms with E-state index in [4.69, 9.17) is 9.15 Å². The molecular weight excluding hydrogens is 610 g/mol. The maximum absolute atomic E-state index is 14.9. The van der Waals surface area contributed by atoms with Crippen LogP contribution in [0.3, 0.4) is 0 Å². The summed E-state index contributed by atoms with van der Waals surface area (Å²) in [5.41, 5.74) is 1.73. The standard InChI is InChI=1S/C42H63N3O4/c1-23(2)27-14-17-41(35(47)43-31-22-29(36(31,6)7)34-45-44-25(4)48-34)20-18-37(8)28(33(27)41)12-13-30-38(37,9)19-21-42-24(3)40(42,11)32(49-26(5)46)15-16-39(30,42)10/h24,27-33H,1,12-22H2,2-11H3,(H,43,47)/t24?,27-,28+,29+,30-,31+,32-,33+,37+,38+,39+,40?,41-,42-/m0/s1. The van der Waals surface area contributed by atoms with Crippen LogP contribution in [-0.4, -0.2) is 34.2 Å². The Hall–Kier alpha value is -2.18. The van der Waals surface area contributed by atoms with Gasteiger partial charge in [0.2, 0.25) is 17.7 Å². The largest absolute Gasteiger partial charge is 0.462 e. The van der Waals surface area contributed by atoms with Gasteiger partial charge in [0.1, 0.15) is 6.10 Å². The van der Waals surface area contributed by atoms with Crippen LogP contribution in [0.1, 0.15) is 151 Å². The van der Waals surface area contributed by atoms with Crippen molar-refractivity contribution in [3.8, 4) is 0 Å². The monoisotopic (exact) mass is 673 g/mol. The van der Waals surface area contributed by atoms with Crippen LogP contribution in [0, 0.1) is 74.4 Å². The number of amides is 1. The van der Waals surface area contributed by atoms with Crippen LogP contribution in [0.2, 0.25) is 0 Å². The lowest BCUT2D eigenvalue weighted by Gasteiger charge is -2.72. The first-order chi connectivity index (χ1) is 22.8. The Morgan fingerprint density at radius 1 is 0.878 bits per heavy atom. The van der Waals surface area contributed by atoms with Gasteiger partial charge in [0.05, 0.1) is 5.41 Å². The Morgan fingerprint density at radius 3 is 2.22 bits per heavy atom. The molecule has 7 fully saturated rings. The number of nitrogens with one attached hydrogen (secondary N) is 1. The first-order valence-electron chi connectivity index (χ1n) is 19.8. The molecule has 7 aliphatic rings. The molecule has 0 saturated heterocycles. The number of carbonyl (C=O) groups is 2. The lowest BCUT2D eigenvalue weighted by atomic mass is 9.32. The van der Waals surface area contributed by atoms with E-state index in [-0.39, 0.29) is 61.9 Å². The molecule has 0 bridgehead atoms. The van der Waals surface area contributed by atoms with Crippen LogP contribution in [-0.2, 0) is 14.3 Å². The molecule has 1 spiro atoms. The lowest BCUT2D eigenvalue weighted by molar-refractivity contribution is -0.239. The van der Waals surface area contributed by atoms with Crippen molar-refractivity contribution in [2.45, 2.75) is 158 Å². The maximum Gasteiger partial charge on any atom is 0.302 e. The highest BCUT2D eigenvalue weighted by Crippen LogP contribution is 2.90. The summed E-state index contributed by atoms with van der Waals surface area (Å²) >= 11 is 0. The predicted octanol–water partition coefficient (Wildman–Crippen LogP) is 8.97. The van der Waals surface area contributed by atoms with Crippen molar-refractivity contribution in [3.05, 3.63) is 23.9 Å². The van der Waals surface area contributed by atoms with Crippen molar-refractivity contribution in [2.24, 2.45) is 67.5 Å². The van der Waals surface area contributed by atoms with Crippen LogP contribution in [0.5, 0.6) is 0 Å². The van der Waals surface area contributed by atoms with Gasteiger partial charge >= 0.3 is 5.97 Å². The van der Waals surface area contributed by atoms with Crippen LogP contribution in [0.15, 0.2) is 16.6 Å². The van der Waals surface area contributed by atoms with E-state index >= 15 is 0 Å². The zero-order chi connectivity index (χ0) is 35.3. The minimum atomic E-state index is -0.329. The molecule has 14 atom stereocenters. The number of rotatable bonds is 5. The van der Waals surface area contributed by atoms with Crippen molar-refractivity contribution in [1.29, 1.82) is 0 Å². The van der Waals surface area contributed by atoms with E-state index in [0.29, 0.717) is 47.3 Å². The van der Waals surface area contributed by atoms with Gasteiger partial charge in [-0.05, 0) is 134 Å². The average Bonchev–Trinajstić information content (AvgIpc) is 3.36. The molecule has 270 valence electrons. The van der Waals surface area contributed by atoms with Gasteiger partial charge in [0, 0.05) is 31.2 Å². The maximum atomic E-state index is 14.9. The first-order valence-corrected chi connectivity index (χ1v) is 19.8. The molecule has 1 amide bonds. The van der Waals surface area contributed by atoms with E-state index in [1.54, 1.807) is 6.92 Å². The number of hydrogen-bond donors (Lipinski definition) is 1. The molecule has 49 heavy (non-hydrogen) atoms. The fourth-order valence-corrected chi connectivity index (χ4v) is 15.9. The van der Waals surface area contributed by atoms with E-state index in [1.165, 1.54) is 31.3 Å². The molecule has 8 rings (SSSR count). The van der Waals surface area contributed by atoms with Crippen LogP contribution in [0.4, 0.5) is 0 Å². The Morgan fingerprint density at radius 2 is 1.59 bits per heavy atom. The van der Waals surface area contributed by atoms with Gasteiger partial charge in [-0.25, -0.2) is 0 Å². The van der Waals surface area contributed by atoms with Crippen molar-refractivity contribution < 1.29 is 18.7 Å². The van der Waals surface area contributed by atoms with Gasteiger partial charge in [0.25, 0.3) is 0 Å². The van der Waals surface area contributed by atoms with E-state index in [2.05, 4.69) is 77.5 Å². The SMILES string of the molecule is C=C(C)[C@@H]1CC[C@]2(C(=O)N[C@@H]3C[C@H](c4nnc(C)o4)C3(C)C)CC[C@]3(C)[C@H](CC[C@H]4[C@@]3(C)CC[C@@]35C(C)C3(C)[C@@H](OC(C)=O)CC[C@]45C)[C@@H]12. The molecule has 7 saturated carbocycles. The van der Waals surface area contributed by atoms with Crippen LogP contribution >= 0.6 is 0 Å². The fraction of sp³-hybridized carbons (Fsp3) is 0.857. The molecule has 0 radical (unpaired) electrons. The number of aryl methyl sites for hydroxylation is 1. The normalized spacial score (nSPS) is 51.9. The summed E-state index contributed by atoms with van der Waals surface area (Å²) in [5, 5.41) is 12.1. The molecule has 2 unspecified atom stereocenters. The predicted molar refractivity (Wildman–Crippen MR) is 189 cm³/mol. The molecule has 0 aliphatic heterocycles. The number of carbonyl (C=O) groups excluding carboxylic acids is 2. The minimum Gasteiger partial charge on any atom is -0.462 e. The number of aromatic nitrogens is 2. The van der Waals surface area contributed by atoms with Gasteiger partial charge in [-0.3, -0.25) is 9.59 Å². The lowest BCUT2D eigenvalue weighted by Crippen LogP contribution is -2.67. The van der Waals surface area contributed by atoms with E-state index in [0.717, 1.165) is 44.9 Å². The zero-order valence-corrected chi connectivity index (χ0v) is 32.1. The fourth-order valence-electron chi connectivity index (χ4n) is 15.9. The number of fused-ring (bicyclic) bond motifs is 6. The minimum absolute atomic E-state index is 0.0417. The van der Waals surface area contributed by atoms with Gasteiger partial charge in [-0.2, -0.15) is 0 Å². The highest BCUT2D eigenvalue weighted by atomic mass is 16.5. The van der Waals surface area contributed by atoms with E-state index in [9.17, 15) is 9.59 Å². The summed E-state index contributed by atoms with van der Waals surface area (Å²) in [6.07, 6.45) is 12.1.